The lowest BCUT2D eigenvalue weighted by molar-refractivity contribution is 0.268. The van der Waals surface area contributed by atoms with Crippen molar-refractivity contribution in [1.82, 2.24) is 0 Å². The molecule has 1 rings (SSSR count). The highest BCUT2D eigenvalue weighted by atomic mass is 28.3. The minimum absolute atomic E-state index is 0.387. The fourth-order valence-electron chi connectivity index (χ4n) is 1.38. The van der Waals surface area contributed by atoms with Gasteiger partial charge in [0.15, 0.2) is 15.1 Å². The number of benzene rings is 1. The zero-order chi connectivity index (χ0) is 11.3. The molecule has 15 heavy (non-hydrogen) atoms. The van der Waals surface area contributed by atoms with Crippen LogP contribution in [0.3, 0.4) is 0 Å². The molecule has 0 N–H and O–H groups in total. The first-order valence-corrected chi connectivity index (χ1v) is 8.09. The summed E-state index contributed by atoms with van der Waals surface area (Å²) >= 11 is 0. The van der Waals surface area contributed by atoms with E-state index in [0.717, 1.165) is 12.0 Å². The van der Waals surface area contributed by atoms with Crippen molar-refractivity contribution >= 4 is 9.04 Å². The molecule has 0 saturated heterocycles. The van der Waals surface area contributed by atoms with Crippen molar-refractivity contribution in [2.45, 2.75) is 32.5 Å². The lowest BCUT2D eigenvalue weighted by Crippen LogP contribution is -2.12. The topological polar surface area (TPSA) is 33.0 Å². The molecule has 0 spiro atoms. The van der Waals surface area contributed by atoms with Crippen LogP contribution in [0.1, 0.15) is 24.2 Å². The fourth-order valence-corrected chi connectivity index (χ4v) is 2.15. The van der Waals surface area contributed by atoms with Gasteiger partial charge in [0.2, 0.25) is 0 Å². The Hall–Kier alpha value is -1.11. The molecule has 0 radical (unpaired) electrons. The van der Waals surface area contributed by atoms with Crippen LogP contribution in [0.5, 0.6) is 0 Å². The summed E-state index contributed by atoms with van der Waals surface area (Å²) in [7, 11) is -1.16. The lowest BCUT2D eigenvalue weighted by Gasteiger charge is -2.13. The average Bonchev–Trinajstić information content (AvgIpc) is 2.26. The molecule has 0 aliphatic heterocycles. The maximum Gasteiger partial charge on any atom is 0.173 e. The number of hydrogen-bond donors (Lipinski definition) is 0. The Labute approximate surface area is 93.2 Å². The zero-order valence-corrected chi connectivity index (χ0v) is 10.7. The minimum Gasteiger partial charge on any atom is -0.402 e. The van der Waals surface area contributed by atoms with Crippen LogP contribution in [-0.2, 0) is 10.8 Å². The van der Waals surface area contributed by atoms with Gasteiger partial charge in [-0.1, -0.05) is 31.2 Å². The Morgan fingerprint density at radius 3 is 2.33 bits per heavy atom. The molecular weight excluding hydrogens is 202 g/mol. The second-order valence-corrected chi connectivity index (χ2v) is 6.16. The first-order valence-electron chi connectivity index (χ1n) is 5.31. The van der Waals surface area contributed by atoms with Crippen LogP contribution in [0, 0.1) is 11.3 Å². The molecule has 1 aromatic rings. The van der Waals surface area contributed by atoms with Crippen molar-refractivity contribution in [3.8, 4) is 6.07 Å². The van der Waals surface area contributed by atoms with Crippen LogP contribution in [0.4, 0.5) is 0 Å². The van der Waals surface area contributed by atoms with E-state index in [2.05, 4.69) is 38.2 Å². The highest BCUT2D eigenvalue weighted by Gasteiger charge is 2.12. The van der Waals surface area contributed by atoms with Gasteiger partial charge in [0.05, 0.1) is 6.07 Å². The van der Waals surface area contributed by atoms with Gasteiger partial charge in [-0.05, 0) is 30.6 Å². The van der Waals surface area contributed by atoms with E-state index < -0.39 is 9.04 Å². The molecule has 0 amide bonds. The molecule has 3 heteroatoms. The van der Waals surface area contributed by atoms with Gasteiger partial charge in [-0.15, -0.1) is 0 Å². The first-order chi connectivity index (χ1) is 7.17. The summed E-state index contributed by atoms with van der Waals surface area (Å²) in [6, 6.07) is 10.3. The number of hydrogen-bond acceptors (Lipinski definition) is 2. The molecule has 2 nitrogen and oxygen atoms in total. The van der Waals surface area contributed by atoms with Gasteiger partial charge in [-0.3, -0.25) is 0 Å². The van der Waals surface area contributed by atoms with E-state index in [1.54, 1.807) is 0 Å². The summed E-state index contributed by atoms with van der Waals surface area (Å²) in [5.41, 5.74) is 2.26. The summed E-state index contributed by atoms with van der Waals surface area (Å²) < 4.78 is 5.64. The third kappa shape index (κ3) is 3.50. The minimum atomic E-state index is -1.16. The fraction of sp³-hybridized carbons (Fsp3) is 0.417. The largest absolute Gasteiger partial charge is 0.402 e. The Balaban J connectivity index is 2.80. The van der Waals surface area contributed by atoms with Gasteiger partial charge >= 0.3 is 0 Å². The third-order valence-corrected chi connectivity index (χ3v) is 3.03. The maximum atomic E-state index is 9.00. The lowest BCUT2D eigenvalue weighted by atomic mass is 10.1. The predicted molar refractivity (Wildman–Crippen MR) is 64.1 cm³/mol. The molecular formula is C12H17NOSi. The van der Waals surface area contributed by atoms with E-state index in [9.17, 15) is 0 Å². The Bertz CT molecular complexity index is 340. The van der Waals surface area contributed by atoms with Crippen molar-refractivity contribution in [3.63, 3.8) is 0 Å². The van der Waals surface area contributed by atoms with Crippen molar-refractivity contribution in [2.24, 2.45) is 0 Å². The van der Waals surface area contributed by atoms with E-state index in [0.29, 0.717) is 0 Å². The van der Waals surface area contributed by atoms with E-state index in [4.69, 9.17) is 9.69 Å². The average molecular weight is 219 g/mol. The summed E-state index contributed by atoms with van der Waals surface area (Å²) in [5.74, 6) is 0. The Kier molecular flexibility index (Phi) is 4.54. The molecule has 1 unspecified atom stereocenters. The molecule has 0 saturated carbocycles. The molecule has 1 aromatic carbocycles. The quantitative estimate of drug-likeness (QED) is 0.730. The Morgan fingerprint density at radius 2 is 1.93 bits per heavy atom. The van der Waals surface area contributed by atoms with Crippen LogP contribution in [0.15, 0.2) is 24.3 Å². The highest BCUT2D eigenvalue weighted by Crippen LogP contribution is 2.18. The molecule has 0 heterocycles. The summed E-state index contributed by atoms with van der Waals surface area (Å²) in [6.45, 7) is 6.27. The van der Waals surface area contributed by atoms with Gasteiger partial charge in [-0.25, -0.2) is 0 Å². The molecule has 0 bridgehead atoms. The molecule has 1 atom stereocenters. The predicted octanol–water partition coefficient (Wildman–Crippen LogP) is 2.81. The number of nitriles is 1. The monoisotopic (exact) mass is 219 g/mol. The van der Waals surface area contributed by atoms with Crippen molar-refractivity contribution in [2.75, 3.05) is 0 Å². The first kappa shape index (κ1) is 12.0. The molecule has 0 fully saturated rings. The Morgan fingerprint density at radius 1 is 1.33 bits per heavy atom. The van der Waals surface area contributed by atoms with Crippen molar-refractivity contribution in [1.29, 1.82) is 5.26 Å². The SMILES string of the molecule is CCc1ccc(C(C#N)O[SiH](C)C)cc1. The van der Waals surface area contributed by atoms with Crippen molar-refractivity contribution in [3.05, 3.63) is 35.4 Å². The van der Waals surface area contributed by atoms with Gasteiger partial charge in [0.1, 0.15) is 0 Å². The van der Waals surface area contributed by atoms with E-state index in [1.165, 1.54) is 5.56 Å². The van der Waals surface area contributed by atoms with Crippen LogP contribution >= 0.6 is 0 Å². The van der Waals surface area contributed by atoms with Crippen LogP contribution in [0.2, 0.25) is 13.1 Å². The summed E-state index contributed by atoms with van der Waals surface area (Å²) in [6.07, 6.45) is 0.639. The smallest absolute Gasteiger partial charge is 0.173 e. The second kappa shape index (κ2) is 5.69. The van der Waals surface area contributed by atoms with Crippen LogP contribution in [0.25, 0.3) is 0 Å². The van der Waals surface area contributed by atoms with Crippen LogP contribution in [-0.4, -0.2) is 9.04 Å². The van der Waals surface area contributed by atoms with E-state index in [1.807, 2.05) is 12.1 Å². The van der Waals surface area contributed by atoms with E-state index in [-0.39, 0.29) is 6.10 Å². The second-order valence-electron chi connectivity index (χ2n) is 3.79. The molecule has 0 aromatic heterocycles. The highest BCUT2D eigenvalue weighted by molar-refractivity contribution is 6.48. The third-order valence-electron chi connectivity index (χ3n) is 2.22. The van der Waals surface area contributed by atoms with E-state index >= 15 is 0 Å². The molecule has 0 aliphatic rings. The van der Waals surface area contributed by atoms with Crippen molar-refractivity contribution < 1.29 is 4.43 Å². The maximum absolute atomic E-state index is 9.00. The number of rotatable bonds is 4. The normalized spacial score (nSPS) is 12.5. The molecule has 0 aliphatic carbocycles. The molecule has 80 valence electrons. The van der Waals surface area contributed by atoms with Gasteiger partial charge in [0.25, 0.3) is 0 Å². The summed E-state index contributed by atoms with van der Waals surface area (Å²) in [5, 5.41) is 9.00. The zero-order valence-electron chi connectivity index (χ0n) is 9.53. The summed E-state index contributed by atoms with van der Waals surface area (Å²) in [4.78, 5) is 0. The van der Waals surface area contributed by atoms with Crippen LogP contribution < -0.4 is 0 Å². The van der Waals surface area contributed by atoms with Gasteiger partial charge in [0, 0.05) is 0 Å². The standard InChI is InChI=1S/C12H17NOSi/c1-4-10-5-7-11(8-6-10)12(9-13)14-15(2)3/h5-8,12,15H,4H2,1-3H3. The number of nitrogens with zero attached hydrogens (tertiary/aromatic N) is 1. The van der Waals surface area contributed by atoms with Gasteiger partial charge < -0.3 is 4.43 Å². The number of aryl methyl sites for hydroxylation is 1. The van der Waals surface area contributed by atoms with Gasteiger partial charge in [-0.2, -0.15) is 5.26 Å².